The van der Waals surface area contributed by atoms with Gasteiger partial charge in [0.05, 0.1) is 11.5 Å². The first-order chi connectivity index (χ1) is 8.67. The van der Waals surface area contributed by atoms with Gasteiger partial charge in [-0.25, -0.2) is 0 Å². The normalized spacial score (nSPS) is 11.6. The molecule has 0 saturated carbocycles. The van der Waals surface area contributed by atoms with Crippen LogP contribution in [-0.2, 0) is 19.0 Å². The first kappa shape index (κ1) is 15.1. The average molecular weight is 272 g/mol. The molecule has 102 valence electrons. The van der Waals surface area contributed by atoms with Crippen molar-refractivity contribution in [2.75, 3.05) is 19.8 Å². The van der Waals surface area contributed by atoms with Crippen LogP contribution >= 0.6 is 0 Å². The van der Waals surface area contributed by atoms with Crippen molar-refractivity contribution in [2.45, 2.75) is 31.1 Å². The van der Waals surface area contributed by atoms with E-state index in [4.69, 9.17) is 8.92 Å². The first-order valence-corrected chi connectivity index (χ1v) is 7.60. The van der Waals surface area contributed by atoms with Crippen molar-refractivity contribution in [2.24, 2.45) is 0 Å². The Morgan fingerprint density at radius 1 is 1.00 bits per heavy atom. The largest absolute Gasteiger partial charge is 0.381 e. The molecule has 5 heteroatoms. The summed E-state index contributed by atoms with van der Waals surface area (Å²) in [5, 5.41) is 0. The van der Waals surface area contributed by atoms with Gasteiger partial charge in [-0.05, 0) is 25.0 Å². The van der Waals surface area contributed by atoms with Gasteiger partial charge in [0.15, 0.2) is 0 Å². The molecule has 0 aliphatic rings. The van der Waals surface area contributed by atoms with Crippen LogP contribution in [0.4, 0.5) is 0 Å². The molecule has 0 spiro atoms. The van der Waals surface area contributed by atoms with E-state index in [1.54, 1.807) is 18.2 Å². The van der Waals surface area contributed by atoms with Gasteiger partial charge in [0.25, 0.3) is 10.1 Å². The van der Waals surface area contributed by atoms with Gasteiger partial charge >= 0.3 is 0 Å². The summed E-state index contributed by atoms with van der Waals surface area (Å²) in [6.07, 6.45) is 2.71. The van der Waals surface area contributed by atoms with Gasteiger partial charge in [-0.1, -0.05) is 31.5 Å². The first-order valence-electron chi connectivity index (χ1n) is 6.19. The molecule has 4 nitrogen and oxygen atoms in total. The van der Waals surface area contributed by atoms with E-state index in [1.165, 1.54) is 12.1 Å². The molecular weight excluding hydrogens is 252 g/mol. The Bertz CT molecular complexity index is 414. The predicted octanol–water partition coefficient (Wildman–Crippen LogP) is 2.60. The summed E-state index contributed by atoms with van der Waals surface area (Å²) in [6.45, 7) is 3.51. The molecule has 1 aromatic rings. The summed E-state index contributed by atoms with van der Waals surface area (Å²) in [7, 11) is -3.61. The van der Waals surface area contributed by atoms with Crippen molar-refractivity contribution in [1.82, 2.24) is 0 Å². The smallest absolute Gasteiger partial charge is 0.296 e. The van der Waals surface area contributed by atoms with E-state index in [-0.39, 0.29) is 11.5 Å². The molecule has 0 atom stereocenters. The maximum atomic E-state index is 11.7. The summed E-state index contributed by atoms with van der Waals surface area (Å²) in [4.78, 5) is 0.192. The maximum Gasteiger partial charge on any atom is 0.296 e. The molecular formula is C13H20O4S. The fourth-order valence-corrected chi connectivity index (χ4v) is 2.30. The molecule has 0 radical (unpaired) electrons. The number of ether oxygens (including phenoxy) is 1. The third-order valence-corrected chi connectivity index (χ3v) is 3.67. The van der Waals surface area contributed by atoms with Crippen LogP contribution in [0.1, 0.15) is 26.2 Å². The highest BCUT2D eigenvalue weighted by Gasteiger charge is 2.13. The molecule has 0 amide bonds. The van der Waals surface area contributed by atoms with Crippen LogP contribution in [0.3, 0.4) is 0 Å². The van der Waals surface area contributed by atoms with Crippen LogP contribution in [0.2, 0.25) is 0 Å². The number of hydrogen-bond donors (Lipinski definition) is 0. The number of rotatable bonds is 9. The van der Waals surface area contributed by atoms with E-state index < -0.39 is 10.1 Å². The Labute approximate surface area is 109 Å². The van der Waals surface area contributed by atoms with Gasteiger partial charge in [0.2, 0.25) is 0 Å². The molecule has 0 saturated heterocycles. The van der Waals surface area contributed by atoms with Crippen LogP contribution in [-0.4, -0.2) is 28.2 Å². The summed E-state index contributed by atoms with van der Waals surface area (Å²) < 4.78 is 33.6. The minimum absolute atomic E-state index is 0.156. The maximum absolute atomic E-state index is 11.7. The van der Waals surface area contributed by atoms with Crippen LogP contribution in [0.15, 0.2) is 35.2 Å². The lowest BCUT2D eigenvalue weighted by Gasteiger charge is -2.06. The summed E-state index contributed by atoms with van der Waals surface area (Å²) in [5.41, 5.74) is 0. The summed E-state index contributed by atoms with van der Waals surface area (Å²) >= 11 is 0. The molecule has 1 rings (SSSR count). The van der Waals surface area contributed by atoms with Crippen molar-refractivity contribution >= 4 is 10.1 Å². The standard InChI is InChI=1S/C13H20O4S/c1-2-3-10-16-11-7-12-17-18(14,15)13-8-5-4-6-9-13/h4-6,8-9H,2-3,7,10-12H2,1H3. The van der Waals surface area contributed by atoms with Gasteiger partial charge in [0, 0.05) is 13.2 Å². The fourth-order valence-electron chi connectivity index (χ4n) is 1.33. The lowest BCUT2D eigenvalue weighted by molar-refractivity contribution is 0.118. The number of unbranched alkanes of at least 4 members (excludes halogenated alkanes) is 1. The highest BCUT2D eigenvalue weighted by Crippen LogP contribution is 2.11. The van der Waals surface area contributed by atoms with E-state index in [1.807, 2.05) is 0 Å². The van der Waals surface area contributed by atoms with Crippen molar-refractivity contribution in [3.8, 4) is 0 Å². The number of benzene rings is 1. The number of hydrogen-bond acceptors (Lipinski definition) is 4. The molecule has 18 heavy (non-hydrogen) atoms. The molecule has 0 heterocycles. The quantitative estimate of drug-likeness (QED) is 0.512. The Morgan fingerprint density at radius 2 is 1.67 bits per heavy atom. The van der Waals surface area contributed by atoms with E-state index in [0.717, 1.165) is 19.4 Å². The second-order valence-electron chi connectivity index (χ2n) is 3.91. The van der Waals surface area contributed by atoms with Gasteiger partial charge in [0.1, 0.15) is 0 Å². The highest BCUT2D eigenvalue weighted by molar-refractivity contribution is 7.86. The Kier molecular flexibility index (Phi) is 6.93. The molecule has 1 aromatic carbocycles. The molecule has 0 aromatic heterocycles. The lowest BCUT2D eigenvalue weighted by Crippen LogP contribution is -2.09. The highest BCUT2D eigenvalue weighted by atomic mass is 32.2. The Hall–Kier alpha value is -0.910. The minimum Gasteiger partial charge on any atom is -0.381 e. The molecule has 0 fully saturated rings. The monoisotopic (exact) mass is 272 g/mol. The van der Waals surface area contributed by atoms with Crippen molar-refractivity contribution in [3.63, 3.8) is 0 Å². The van der Waals surface area contributed by atoms with Gasteiger partial charge < -0.3 is 4.74 Å². The van der Waals surface area contributed by atoms with Crippen LogP contribution in [0, 0.1) is 0 Å². The zero-order valence-corrected chi connectivity index (χ0v) is 11.5. The van der Waals surface area contributed by atoms with E-state index in [9.17, 15) is 8.42 Å². The molecule has 0 bridgehead atoms. The van der Waals surface area contributed by atoms with Crippen molar-refractivity contribution in [1.29, 1.82) is 0 Å². The second kappa shape index (κ2) is 8.24. The van der Waals surface area contributed by atoms with Gasteiger partial charge in [-0.15, -0.1) is 0 Å². The molecule has 0 aliphatic heterocycles. The van der Waals surface area contributed by atoms with E-state index in [2.05, 4.69) is 6.92 Å². The van der Waals surface area contributed by atoms with Gasteiger partial charge in [-0.3, -0.25) is 4.18 Å². The minimum atomic E-state index is -3.61. The molecule has 0 N–H and O–H groups in total. The SMILES string of the molecule is CCCCOCCCOS(=O)(=O)c1ccccc1. The third kappa shape index (κ3) is 5.62. The summed E-state index contributed by atoms with van der Waals surface area (Å²) in [6, 6.07) is 8.15. The molecule has 0 aliphatic carbocycles. The van der Waals surface area contributed by atoms with Crippen molar-refractivity contribution < 1.29 is 17.3 Å². The predicted molar refractivity (Wildman–Crippen MR) is 69.9 cm³/mol. The second-order valence-corrected chi connectivity index (χ2v) is 5.52. The lowest BCUT2D eigenvalue weighted by atomic mass is 10.4. The zero-order chi connectivity index (χ0) is 13.3. The van der Waals surface area contributed by atoms with E-state index in [0.29, 0.717) is 13.0 Å². The summed E-state index contributed by atoms with van der Waals surface area (Å²) in [5.74, 6) is 0. The molecule has 0 unspecified atom stereocenters. The zero-order valence-electron chi connectivity index (χ0n) is 10.7. The Balaban J connectivity index is 2.23. The van der Waals surface area contributed by atoms with Gasteiger partial charge in [-0.2, -0.15) is 8.42 Å². The van der Waals surface area contributed by atoms with Crippen LogP contribution in [0.25, 0.3) is 0 Å². The topological polar surface area (TPSA) is 52.6 Å². The third-order valence-electron chi connectivity index (χ3n) is 2.35. The van der Waals surface area contributed by atoms with Crippen molar-refractivity contribution in [3.05, 3.63) is 30.3 Å². The Morgan fingerprint density at radius 3 is 2.33 bits per heavy atom. The fraction of sp³-hybridized carbons (Fsp3) is 0.538. The van der Waals surface area contributed by atoms with Crippen LogP contribution < -0.4 is 0 Å². The van der Waals surface area contributed by atoms with Crippen LogP contribution in [0.5, 0.6) is 0 Å². The van der Waals surface area contributed by atoms with E-state index >= 15 is 0 Å². The average Bonchev–Trinajstić information content (AvgIpc) is 2.39.